The molecule has 0 fully saturated rings. The van der Waals surface area contributed by atoms with Crippen LogP contribution in [-0.2, 0) is 9.53 Å². The Bertz CT molecular complexity index is 1120. The summed E-state index contributed by atoms with van der Waals surface area (Å²) >= 11 is 0. The molecule has 3 aromatic rings. The van der Waals surface area contributed by atoms with Gasteiger partial charge in [-0.05, 0) is 48.9 Å². The van der Waals surface area contributed by atoms with E-state index in [1.54, 1.807) is 56.4 Å². The highest BCUT2D eigenvalue weighted by Gasteiger charge is 2.22. The predicted octanol–water partition coefficient (Wildman–Crippen LogP) is 4.21. The molecule has 0 saturated carbocycles. The van der Waals surface area contributed by atoms with Crippen molar-refractivity contribution in [2.24, 2.45) is 0 Å². The third-order valence-electron chi connectivity index (χ3n) is 4.62. The maximum Gasteiger partial charge on any atom is 0.339 e. The highest BCUT2D eigenvalue weighted by atomic mass is 19.1. The summed E-state index contributed by atoms with van der Waals surface area (Å²) in [5.74, 6) is -2.28. The molecule has 6 nitrogen and oxygen atoms in total. The van der Waals surface area contributed by atoms with Gasteiger partial charge in [-0.1, -0.05) is 36.4 Å². The molecule has 3 rings (SSSR count). The molecule has 3 aromatic carbocycles. The number of hydrogen-bond donors (Lipinski definition) is 1. The second-order valence-corrected chi connectivity index (χ2v) is 6.83. The number of ether oxygens (including phenoxy) is 1. The molecule has 0 aromatic heterocycles. The minimum Gasteiger partial charge on any atom is -0.452 e. The maximum absolute atomic E-state index is 13.6. The number of esters is 1. The molecule has 0 bridgehead atoms. The van der Waals surface area contributed by atoms with Gasteiger partial charge in [0.05, 0.1) is 11.1 Å². The molecule has 0 radical (unpaired) electrons. The zero-order valence-electron chi connectivity index (χ0n) is 17.1. The molecule has 0 unspecified atom stereocenters. The van der Waals surface area contributed by atoms with E-state index in [9.17, 15) is 18.8 Å². The molecule has 0 atom stereocenters. The molecule has 31 heavy (non-hydrogen) atoms. The highest BCUT2D eigenvalue weighted by Crippen LogP contribution is 2.18. The van der Waals surface area contributed by atoms with Gasteiger partial charge in [0.25, 0.3) is 11.8 Å². The van der Waals surface area contributed by atoms with Crippen LogP contribution in [0.25, 0.3) is 0 Å². The van der Waals surface area contributed by atoms with Gasteiger partial charge in [0.15, 0.2) is 6.61 Å². The Morgan fingerprint density at radius 3 is 2.26 bits per heavy atom. The molecule has 0 heterocycles. The number of para-hydroxylation sites is 1. The van der Waals surface area contributed by atoms with E-state index in [2.05, 4.69) is 5.32 Å². The average Bonchev–Trinajstić information content (AvgIpc) is 2.79. The topological polar surface area (TPSA) is 75.7 Å². The Labute approximate surface area is 179 Å². The average molecular weight is 420 g/mol. The van der Waals surface area contributed by atoms with Gasteiger partial charge in [0.2, 0.25) is 0 Å². The number of nitrogens with one attached hydrogen (secondary N) is 1. The number of halogens is 1. The Morgan fingerprint density at radius 2 is 1.58 bits per heavy atom. The Kier molecular flexibility index (Phi) is 6.77. The number of hydrogen-bond acceptors (Lipinski definition) is 4. The van der Waals surface area contributed by atoms with Crippen LogP contribution >= 0.6 is 0 Å². The van der Waals surface area contributed by atoms with E-state index in [-0.39, 0.29) is 16.8 Å². The molecule has 2 amide bonds. The van der Waals surface area contributed by atoms with Crippen LogP contribution in [-0.4, -0.2) is 31.4 Å². The van der Waals surface area contributed by atoms with Gasteiger partial charge in [-0.3, -0.25) is 9.59 Å². The summed E-state index contributed by atoms with van der Waals surface area (Å²) in [5, 5.41) is 2.46. The molecule has 0 aliphatic rings. The fourth-order valence-electron chi connectivity index (χ4n) is 2.87. The van der Waals surface area contributed by atoms with Gasteiger partial charge in [-0.25, -0.2) is 9.18 Å². The summed E-state index contributed by atoms with van der Waals surface area (Å²) in [4.78, 5) is 39.0. The van der Waals surface area contributed by atoms with E-state index in [4.69, 9.17) is 4.74 Å². The molecule has 0 saturated heterocycles. The lowest BCUT2D eigenvalue weighted by Crippen LogP contribution is -2.28. The molecule has 158 valence electrons. The van der Waals surface area contributed by atoms with E-state index >= 15 is 0 Å². The number of amides is 2. The van der Waals surface area contributed by atoms with Crippen molar-refractivity contribution in [2.75, 3.05) is 23.9 Å². The number of carbonyl (C=O) groups is 3. The van der Waals surface area contributed by atoms with Gasteiger partial charge in [0.1, 0.15) is 5.82 Å². The zero-order chi connectivity index (χ0) is 22.4. The number of rotatable bonds is 6. The van der Waals surface area contributed by atoms with Crippen molar-refractivity contribution in [1.29, 1.82) is 0 Å². The zero-order valence-corrected chi connectivity index (χ0v) is 17.1. The molecular weight excluding hydrogens is 399 g/mol. The summed E-state index contributed by atoms with van der Waals surface area (Å²) < 4.78 is 18.7. The molecule has 0 spiro atoms. The van der Waals surface area contributed by atoms with Crippen LogP contribution in [0.4, 0.5) is 15.8 Å². The predicted molar refractivity (Wildman–Crippen MR) is 116 cm³/mol. The second-order valence-electron chi connectivity index (χ2n) is 6.83. The molecule has 7 heteroatoms. The van der Waals surface area contributed by atoms with Crippen molar-refractivity contribution in [3.63, 3.8) is 0 Å². The number of nitrogens with zero attached hydrogens (tertiary/aromatic N) is 1. The SMILES string of the molecule is Cc1ccc(NC(=O)COC(=O)c2ccccc2C(=O)N(C)c2ccccc2)cc1F. The van der Waals surface area contributed by atoms with Crippen LogP contribution in [0.5, 0.6) is 0 Å². The normalized spacial score (nSPS) is 10.3. The van der Waals surface area contributed by atoms with Crippen molar-refractivity contribution >= 4 is 29.2 Å². The number of benzene rings is 3. The van der Waals surface area contributed by atoms with Crippen LogP contribution < -0.4 is 10.2 Å². The standard InChI is InChI=1S/C24H21FN2O4/c1-16-12-13-17(14-21(16)25)26-22(28)15-31-24(30)20-11-7-6-10-19(20)23(29)27(2)18-8-4-3-5-9-18/h3-14H,15H2,1-2H3,(H,26,28). The van der Waals surface area contributed by atoms with Gasteiger partial charge < -0.3 is 15.0 Å². The first-order valence-electron chi connectivity index (χ1n) is 9.52. The van der Waals surface area contributed by atoms with Crippen molar-refractivity contribution in [1.82, 2.24) is 0 Å². The molecular formula is C24H21FN2O4. The molecule has 1 N–H and O–H groups in total. The monoisotopic (exact) mass is 420 g/mol. The van der Waals surface area contributed by atoms with E-state index < -0.39 is 30.2 Å². The van der Waals surface area contributed by atoms with E-state index in [0.29, 0.717) is 11.3 Å². The van der Waals surface area contributed by atoms with Gasteiger partial charge in [-0.15, -0.1) is 0 Å². The quantitative estimate of drug-likeness (QED) is 0.607. The lowest BCUT2D eigenvalue weighted by Gasteiger charge is -2.18. The Balaban J connectivity index is 1.67. The summed E-state index contributed by atoms with van der Waals surface area (Å²) in [6.45, 7) is 1.03. The number of carbonyl (C=O) groups excluding carboxylic acids is 3. The van der Waals surface area contributed by atoms with Crippen molar-refractivity contribution in [2.45, 2.75) is 6.92 Å². The van der Waals surface area contributed by atoms with Crippen molar-refractivity contribution < 1.29 is 23.5 Å². The van der Waals surface area contributed by atoms with Gasteiger partial charge >= 0.3 is 5.97 Å². The first kappa shape index (κ1) is 21.7. The number of aryl methyl sites for hydroxylation is 1. The minimum atomic E-state index is -0.810. The van der Waals surface area contributed by atoms with E-state index in [1.807, 2.05) is 6.07 Å². The van der Waals surface area contributed by atoms with Gasteiger partial charge in [0, 0.05) is 18.4 Å². The first-order valence-corrected chi connectivity index (χ1v) is 9.52. The lowest BCUT2D eigenvalue weighted by atomic mass is 10.1. The highest BCUT2D eigenvalue weighted by molar-refractivity contribution is 6.12. The van der Waals surface area contributed by atoms with Crippen molar-refractivity contribution in [3.8, 4) is 0 Å². The van der Waals surface area contributed by atoms with Crippen LogP contribution in [0.1, 0.15) is 26.3 Å². The third kappa shape index (κ3) is 5.33. The fraction of sp³-hybridized carbons (Fsp3) is 0.125. The smallest absolute Gasteiger partial charge is 0.339 e. The van der Waals surface area contributed by atoms with Crippen molar-refractivity contribution in [3.05, 3.63) is 95.3 Å². The summed E-state index contributed by atoms with van der Waals surface area (Å²) in [5.41, 5.74) is 1.57. The fourth-order valence-corrected chi connectivity index (χ4v) is 2.87. The summed E-state index contributed by atoms with van der Waals surface area (Å²) in [6.07, 6.45) is 0. The second kappa shape index (κ2) is 9.67. The largest absolute Gasteiger partial charge is 0.452 e. The lowest BCUT2D eigenvalue weighted by molar-refractivity contribution is -0.119. The van der Waals surface area contributed by atoms with Crippen LogP contribution in [0, 0.1) is 12.7 Å². The van der Waals surface area contributed by atoms with Gasteiger partial charge in [-0.2, -0.15) is 0 Å². The van der Waals surface area contributed by atoms with Crippen LogP contribution in [0.2, 0.25) is 0 Å². The molecule has 0 aliphatic carbocycles. The van der Waals surface area contributed by atoms with E-state index in [0.717, 1.165) is 0 Å². The maximum atomic E-state index is 13.6. The number of anilines is 2. The first-order chi connectivity index (χ1) is 14.9. The minimum absolute atomic E-state index is 0.0458. The molecule has 0 aliphatic heterocycles. The van der Waals surface area contributed by atoms with Crippen LogP contribution in [0.3, 0.4) is 0 Å². The summed E-state index contributed by atoms with van der Waals surface area (Å²) in [6, 6.07) is 19.5. The summed E-state index contributed by atoms with van der Waals surface area (Å²) in [7, 11) is 1.61. The Morgan fingerprint density at radius 1 is 0.935 bits per heavy atom. The Hall–Kier alpha value is -4.00. The van der Waals surface area contributed by atoms with Crippen LogP contribution in [0.15, 0.2) is 72.8 Å². The third-order valence-corrected chi connectivity index (χ3v) is 4.62. The van der Waals surface area contributed by atoms with E-state index in [1.165, 1.54) is 29.2 Å².